The summed E-state index contributed by atoms with van der Waals surface area (Å²) in [7, 11) is 2.13. The molecule has 1 aromatic heterocycles. The van der Waals surface area contributed by atoms with Gasteiger partial charge in [-0.15, -0.1) is 0 Å². The molecule has 1 amide bonds. The Kier molecular flexibility index (Phi) is 22.2. The van der Waals surface area contributed by atoms with Crippen LogP contribution in [0.5, 0.6) is 0 Å². The molecule has 3 aliphatic heterocycles. The molecule has 0 saturated carbocycles. The third kappa shape index (κ3) is 16.2. The molecule has 3 aromatic rings. The number of methoxy groups -OCH3 is 1. The summed E-state index contributed by atoms with van der Waals surface area (Å²) < 4.78 is 115. The monoisotopic (exact) mass is 1310 g/mol. The summed E-state index contributed by atoms with van der Waals surface area (Å²) >= 11 is 1.77. The highest BCUT2D eigenvalue weighted by Gasteiger charge is 2.53. The largest absolute Gasteiger partial charge is 0.455 e. The molecule has 4 heterocycles. The second kappa shape index (κ2) is 27.0. The number of ether oxygens (including phenoxy) is 7. The molecular formula is C57H83F3IN5O16S. The number of benzene rings is 2. The first-order valence-corrected chi connectivity index (χ1v) is 30.4. The van der Waals surface area contributed by atoms with Crippen LogP contribution in [0.3, 0.4) is 0 Å². The Balaban J connectivity index is 1.27. The Labute approximate surface area is 498 Å². The Morgan fingerprint density at radius 3 is 2.13 bits per heavy atom. The zero-order valence-corrected chi connectivity index (χ0v) is 52.5. The second-order valence-electron chi connectivity index (χ2n) is 23.8. The van der Waals surface area contributed by atoms with E-state index in [-0.39, 0.29) is 30.1 Å². The fraction of sp³-hybridized carbons (Fsp3) is 0.684. The van der Waals surface area contributed by atoms with Gasteiger partial charge in [0.1, 0.15) is 17.8 Å². The molecule has 466 valence electrons. The number of sulfonamides is 1. The summed E-state index contributed by atoms with van der Waals surface area (Å²) in [4.78, 5) is 45.0. The molecule has 83 heavy (non-hydrogen) atoms. The zero-order chi connectivity index (χ0) is 62.1. The molecule has 0 spiro atoms. The number of cyclic esters (lactones) is 1. The lowest BCUT2D eigenvalue weighted by Gasteiger charge is -2.49. The molecule has 0 bridgehead atoms. The van der Waals surface area contributed by atoms with Crippen LogP contribution in [0.1, 0.15) is 106 Å². The van der Waals surface area contributed by atoms with Gasteiger partial charge in [0.05, 0.1) is 70.3 Å². The number of aliphatic hydroxyl groups is 4. The molecule has 18 atom stereocenters. The number of likely N-dealkylation sites (N-methyl/N-ethyl adjacent to an activating group) is 2. The smallest absolute Gasteiger partial charge is 0.435 e. The zero-order valence-electron chi connectivity index (χ0n) is 49.5. The molecule has 3 saturated heterocycles. The lowest BCUT2D eigenvalue weighted by molar-refractivity contribution is -0.318. The van der Waals surface area contributed by atoms with E-state index in [1.165, 1.54) is 26.2 Å². The van der Waals surface area contributed by atoms with Gasteiger partial charge in [0.25, 0.3) is 10.0 Å². The van der Waals surface area contributed by atoms with Crippen LogP contribution in [0, 0.1) is 24.7 Å². The van der Waals surface area contributed by atoms with E-state index in [1.807, 2.05) is 23.5 Å². The van der Waals surface area contributed by atoms with E-state index in [0.29, 0.717) is 18.5 Å². The van der Waals surface area contributed by atoms with E-state index >= 15 is 0 Å². The van der Waals surface area contributed by atoms with Gasteiger partial charge in [-0.2, -0.15) is 18.3 Å². The van der Waals surface area contributed by atoms with Gasteiger partial charge in [0.2, 0.25) is 5.91 Å². The molecule has 26 heteroatoms. The predicted octanol–water partition coefficient (Wildman–Crippen LogP) is 5.90. The number of amides is 1. The molecule has 6 rings (SSSR count). The van der Waals surface area contributed by atoms with Crippen molar-refractivity contribution in [3.05, 3.63) is 65.9 Å². The van der Waals surface area contributed by atoms with Gasteiger partial charge >= 0.3 is 18.1 Å². The minimum Gasteiger partial charge on any atom is -0.455 e. The second-order valence-corrected chi connectivity index (χ2v) is 26.6. The Morgan fingerprint density at radius 1 is 0.916 bits per heavy atom. The standard InChI is InChI=1S/C57H83F3IN5O16S/c1-30-15-17-37(18-16-30)40-26-42(57(58,59)60)62-66(40)38-19-21-39(22-20-38)83(74,75)63-43(67)23-24-44(68)79-47-41(64(11)12)25-32(3)77-52(47)81-50-33(4)46(80-45-28-55(9,76-14)49(70)36(7)78-45)34(5)51(71)82-53(61)56(10,73)48(69)35(6)65(13)29-31(2)27-54(50,8)72/h15-22,26,31-36,41,45-50,52-53,69-70,72-73H,23-25,27-29H2,1-14H3,(H,63,67)/t31-,32-,33+,34-,35-,36+,41?,45+,46+,47-,48-,49+,50-,52+,53+,54-,55-,56+/m1/s1. The quantitative estimate of drug-likeness (QED) is 0.0714. The predicted molar refractivity (Wildman–Crippen MR) is 305 cm³/mol. The van der Waals surface area contributed by atoms with Crippen molar-refractivity contribution in [1.29, 1.82) is 0 Å². The van der Waals surface area contributed by atoms with Gasteiger partial charge < -0.3 is 63.4 Å². The van der Waals surface area contributed by atoms with Gasteiger partial charge in [-0.3, -0.25) is 14.4 Å². The first-order chi connectivity index (χ1) is 38.4. The maximum absolute atomic E-state index is 14.4. The number of halogens is 4. The van der Waals surface area contributed by atoms with E-state index < -0.39 is 158 Å². The van der Waals surface area contributed by atoms with Gasteiger partial charge in [-0.05, 0) is 148 Å². The summed E-state index contributed by atoms with van der Waals surface area (Å²) in [5, 5.41) is 51.1. The van der Waals surface area contributed by atoms with E-state index in [2.05, 4.69) is 5.10 Å². The molecule has 21 nitrogen and oxygen atoms in total. The molecule has 0 aliphatic carbocycles. The number of carbonyl (C=O) groups excluding carboxylic acids is 3. The summed E-state index contributed by atoms with van der Waals surface area (Å²) in [5.74, 6) is -5.35. The molecule has 3 aliphatic rings. The van der Waals surface area contributed by atoms with E-state index in [4.69, 9.17) is 33.2 Å². The van der Waals surface area contributed by atoms with Gasteiger partial charge in [-0.1, -0.05) is 43.7 Å². The first kappa shape index (κ1) is 68.2. The minimum absolute atomic E-state index is 0.00229. The van der Waals surface area contributed by atoms with Crippen molar-refractivity contribution in [3.63, 3.8) is 0 Å². The Morgan fingerprint density at radius 2 is 1.54 bits per heavy atom. The summed E-state index contributed by atoms with van der Waals surface area (Å²) in [6, 6.07) is 11.1. The highest BCUT2D eigenvalue weighted by Crippen LogP contribution is 2.41. The minimum atomic E-state index is -4.77. The number of alkyl halides is 4. The number of hydrogen-bond donors (Lipinski definition) is 5. The molecule has 2 aromatic carbocycles. The van der Waals surface area contributed by atoms with Crippen LogP contribution in [0.15, 0.2) is 59.5 Å². The van der Waals surface area contributed by atoms with Crippen molar-refractivity contribution in [1.82, 2.24) is 24.3 Å². The third-order valence-electron chi connectivity index (χ3n) is 16.4. The highest BCUT2D eigenvalue weighted by atomic mass is 127. The SMILES string of the molecule is CO[C@]1(C)C[C@H](O[C@H]2[C@H](C)[C@@H](O[C@@H]3O[C@H](C)CC(N(C)C)[C@H]3OC(=O)CCC(=O)NS(=O)(=O)c3ccc(-n4nc(C(F)(F)F)cc4-c4ccc(C)cc4)cc3)[C@](C)(O)C[C@@H](C)CN(C)[C@H](C)[C@@H](O)[C@](C)(O)[C@@H](I)OC(=O)[C@@H]2C)O[C@@H](C)[C@@H]1O. The number of nitrogens with one attached hydrogen (secondary N) is 1. The molecule has 1 unspecified atom stereocenters. The number of rotatable bonds is 14. The molecule has 5 N–H and O–H groups in total. The van der Waals surface area contributed by atoms with Crippen molar-refractivity contribution in [2.45, 2.75) is 201 Å². The number of carbonyl (C=O) groups is 3. The van der Waals surface area contributed by atoms with Crippen molar-refractivity contribution < 1.29 is 89.6 Å². The molecule has 0 radical (unpaired) electrons. The van der Waals surface area contributed by atoms with E-state index in [0.717, 1.165) is 28.4 Å². The number of hydrogen-bond acceptors (Lipinski definition) is 19. The Bertz CT molecular complexity index is 2810. The first-order valence-electron chi connectivity index (χ1n) is 27.7. The number of aromatic nitrogens is 2. The van der Waals surface area contributed by atoms with Gasteiger partial charge in [0, 0.05) is 44.0 Å². The summed E-state index contributed by atoms with van der Waals surface area (Å²) in [6.07, 6.45) is -15.8. The fourth-order valence-corrected chi connectivity index (χ4v) is 13.0. The average molecular weight is 1310 g/mol. The van der Waals surface area contributed by atoms with Crippen molar-refractivity contribution in [2.24, 2.45) is 17.8 Å². The van der Waals surface area contributed by atoms with Gasteiger partial charge in [-0.25, -0.2) is 17.8 Å². The lowest BCUT2D eigenvalue weighted by atomic mass is 9.77. The van der Waals surface area contributed by atoms with Crippen LogP contribution < -0.4 is 4.72 Å². The topological polar surface area (TPSA) is 267 Å². The third-order valence-corrected chi connectivity index (χ3v) is 19.3. The fourth-order valence-electron chi connectivity index (χ4n) is 11.4. The van der Waals surface area contributed by atoms with E-state index in [1.54, 1.807) is 121 Å². The number of aliphatic hydroxyl groups excluding tert-OH is 2. The number of esters is 2. The van der Waals surface area contributed by atoms with Crippen LogP contribution in [-0.2, 0) is 63.7 Å². The Hall–Kier alpha value is -3.91. The van der Waals surface area contributed by atoms with Crippen LogP contribution in [0.2, 0.25) is 0 Å². The van der Waals surface area contributed by atoms with Gasteiger partial charge in [0.15, 0.2) is 28.5 Å². The van der Waals surface area contributed by atoms with Crippen LogP contribution in [-0.4, -0.2) is 189 Å². The van der Waals surface area contributed by atoms with E-state index in [9.17, 15) is 56.4 Å². The maximum Gasteiger partial charge on any atom is 0.435 e. The van der Waals surface area contributed by atoms with Crippen LogP contribution in [0.4, 0.5) is 13.2 Å². The lowest BCUT2D eigenvalue weighted by Crippen LogP contribution is -2.61. The van der Waals surface area contributed by atoms with Crippen LogP contribution >= 0.6 is 22.6 Å². The van der Waals surface area contributed by atoms with Crippen molar-refractivity contribution >= 4 is 50.5 Å². The number of aryl methyl sites for hydroxylation is 1. The highest BCUT2D eigenvalue weighted by molar-refractivity contribution is 14.1. The number of nitrogens with zero attached hydrogens (tertiary/aromatic N) is 4. The van der Waals surface area contributed by atoms with Crippen molar-refractivity contribution in [2.75, 3.05) is 34.8 Å². The average Bonchev–Trinajstić information content (AvgIpc) is 3.23. The van der Waals surface area contributed by atoms with Crippen LogP contribution in [0.25, 0.3) is 16.9 Å². The normalized spacial score (nSPS) is 35.7. The summed E-state index contributed by atoms with van der Waals surface area (Å²) in [5.41, 5.74) is -4.56. The molecule has 3 fully saturated rings. The summed E-state index contributed by atoms with van der Waals surface area (Å²) in [6.45, 7) is 17.1. The van der Waals surface area contributed by atoms with Crippen molar-refractivity contribution in [3.8, 4) is 16.9 Å². The maximum atomic E-state index is 14.4. The molecular weight excluding hydrogens is 1230 g/mol.